The average Bonchev–Trinajstić information content (AvgIpc) is 3.50. The monoisotopic (exact) mass is 357 g/mol. The topological polar surface area (TPSA) is 66.8 Å². The third-order valence-corrected chi connectivity index (χ3v) is 4.31. The normalized spacial score (nSPS) is 13.3. The van der Waals surface area contributed by atoms with Gasteiger partial charge >= 0.3 is 5.97 Å². The van der Waals surface area contributed by atoms with Gasteiger partial charge in [-0.15, -0.1) is 0 Å². The smallest absolute Gasteiger partial charge is 0.338 e. The minimum Gasteiger partial charge on any atom is -0.452 e. The number of benzene rings is 2. The Morgan fingerprint density at radius 2 is 1.81 bits per heavy atom. The van der Waals surface area contributed by atoms with Crippen molar-refractivity contribution in [3.63, 3.8) is 0 Å². The number of rotatable bonds is 7. The van der Waals surface area contributed by atoms with Gasteiger partial charge in [0.05, 0.1) is 12.2 Å². The van der Waals surface area contributed by atoms with Gasteiger partial charge in [-0.1, -0.05) is 30.3 Å². The van der Waals surface area contributed by atoms with Crippen molar-refractivity contribution >= 4 is 11.9 Å². The molecule has 136 valence electrons. The molecule has 0 unspecified atom stereocenters. The number of carbonyl (C=O) groups excluding carboxylic acids is 2. The van der Waals surface area contributed by atoms with Gasteiger partial charge in [-0.25, -0.2) is 9.18 Å². The van der Waals surface area contributed by atoms with Crippen LogP contribution < -0.4 is 0 Å². The van der Waals surface area contributed by atoms with Crippen LogP contribution in [0.4, 0.5) is 4.39 Å². The van der Waals surface area contributed by atoms with Crippen LogP contribution in [0.1, 0.15) is 34.3 Å². The van der Waals surface area contributed by atoms with Crippen LogP contribution in [-0.4, -0.2) is 34.5 Å². The summed E-state index contributed by atoms with van der Waals surface area (Å²) in [5, 5.41) is 9.01. The van der Waals surface area contributed by atoms with Crippen molar-refractivity contribution in [3.8, 4) is 0 Å². The number of halogens is 1. The molecular formula is C20H20FNO4. The molecule has 5 nitrogen and oxygen atoms in total. The summed E-state index contributed by atoms with van der Waals surface area (Å²) in [5.74, 6) is -1.30. The van der Waals surface area contributed by atoms with E-state index in [-0.39, 0.29) is 37.5 Å². The fraction of sp³-hybridized carbons (Fsp3) is 0.300. The summed E-state index contributed by atoms with van der Waals surface area (Å²) in [7, 11) is 0. The Morgan fingerprint density at radius 1 is 1.12 bits per heavy atom. The zero-order valence-electron chi connectivity index (χ0n) is 14.2. The predicted octanol–water partition coefficient (Wildman–Crippen LogP) is 2.67. The number of nitrogens with zero attached hydrogens (tertiary/aromatic N) is 1. The van der Waals surface area contributed by atoms with Crippen molar-refractivity contribution in [1.29, 1.82) is 0 Å². The van der Waals surface area contributed by atoms with Gasteiger partial charge in [-0.3, -0.25) is 4.79 Å². The summed E-state index contributed by atoms with van der Waals surface area (Å²) in [6.45, 7) is -0.329. The molecule has 0 bridgehead atoms. The Labute approximate surface area is 151 Å². The molecule has 0 atom stereocenters. The molecule has 2 aromatic carbocycles. The highest BCUT2D eigenvalue weighted by Crippen LogP contribution is 2.29. The zero-order valence-corrected chi connectivity index (χ0v) is 14.2. The summed E-state index contributed by atoms with van der Waals surface area (Å²) in [6.07, 6.45) is 1.74. The molecule has 0 aromatic heterocycles. The van der Waals surface area contributed by atoms with Crippen LogP contribution in [0.15, 0.2) is 48.5 Å². The standard InChI is InChI=1S/C20H20FNO4/c21-18-4-2-1-3-16(18)11-22(17-9-10-17)19(24)13-26-20(25)15-7-5-14(12-23)6-8-15/h1-8,17,23H,9-13H2. The summed E-state index contributed by atoms with van der Waals surface area (Å²) in [6, 6.07) is 12.7. The number of aliphatic hydroxyl groups excluding tert-OH is 1. The van der Waals surface area contributed by atoms with Crippen molar-refractivity contribution in [2.45, 2.75) is 32.0 Å². The number of hydrogen-bond acceptors (Lipinski definition) is 4. The Bertz CT molecular complexity index is 787. The van der Waals surface area contributed by atoms with Gasteiger partial charge in [-0.2, -0.15) is 0 Å². The largest absolute Gasteiger partial charge is 0.452 e. The number of amides is 1. The molecule has 1 saturated carbocycles. The lowest BCUT2D eigenvalue weighted by Crippen LogP contribution is -2.36. The van der Waals surface area contributed by atoms with Crippen LogP contribution in [-0.2, 0) is 22.7 Å². The number of carbonyl (C=O) groups is 2. The van der Waals surface area contributed by atoms with Gasteiger partial charge in [0.1, 0.15) is 5.82 Å². The second kappa shape index (κ2) is 8.10. The van der Waals surface area contributed by atoms with Crippen LogP contribution in [0, 0.1) is 5.82 Å². The number of esters is 1. The van der Waals surface area contributed by atoms with E-state index in [0.29, 0.717) is 16.7 Å². The Morgan fingerprint density at radius 3 is 2.42 bits per heavy atom. The third-order valence-electron chi connectivity index (χ3n) is 4.31. The van der Waals surface area contributed by atoms with Gasteiger partial charge in [0.2, 0.25) is 0 Å². The maximum Gasteiger partial charge on any atom is 0.338 e. The van der Waals surface area contributed by atoms with Gasteiger partial charge in [-0.05, 0) is 36.6 Å². The summed E-state index contributed by atoms with van der Waals surface area (Å²) in [5.41, 5.74) is 1.43. The lowest BCUT2D eigenvalue weighted by molar-refractivity contribution is -0.135. The van der Waals surface area contributed by atoms with E-state index in [1.807, 2.05) is 0 Å². The van der Waals surface area contributed by atoms with Crippen LogP contribution >= 0.6 is 0 Å². The van der Waals surface area contributed by atoms with Crippen LogP contribution in [0.3, 0.4) is 0 Å². The van der Waals surface area contributed by atoms with Crippen molar-refractivity contribution in [2.75, 3.05) is 6.61 Å². The van der Waals surface area contributed by atoms with E-state index in [1.165, 1.54) is 18.2 Å². The van der Waals surface area contributed by atoms with E-state index < -0.39 is 5.97 Å². The molecule has 3 rings (SSSR count). The van der Waals surface area contributed by atoms with Crippen LogP contribution in [0.5, 0.6) is 0 Å². The second-order valence-electron chi connectivity index (χ2n) is 6.28. The molecule has 26 heavy (non-hydrogen) atoms. The Hall–Kier alpha value is -2.73. The highest BCUT2D eigenvalue weighted by molar-refractivity contribution is 5.91. The molecular weight excluding hydrogens is 337 g/mol. The lowest BCUT2D eigenvalue weighted by Gasteiger charge is -2.22. The van der Waals surface area contributed by atoms with Gasteiger partial charge in [0.25, 0.3) is 5.91 Å². The van der Waals surface area contributed by atoms with Crippen molar-refractivity contribution in [3.05, 3.63) is 71.0 Å². The summed E-state index contributed by atoms with van der Waals surface area (Å²) in [4.78, 5) is 26.1. The number of hydrogen-bond donors (Lipinski definition) is 1. The maximum atomic E-state index is 13.9. The molecule has 2 aromatic rings. The fourth-order valence-corrected chi connectivity index (χ4v) is 2.66. The first kappa shape index (κ1) is 18.1. The van der Waals surface area contributed by atoms with Gasteiger partial charge in [0.15, 0.2) is 6.61 Å². The first-order valence-electron chi connectivity index (χ1n) is 8.48. The summed E-state index contributed by atoms with van der Waals surface area (Å²) < 4.78 is 19.0. The molecule has 1 N–H and O–H groups in total. The van der Waals surface area contributed by atoms with E-state index in [0.717, 1.165) is 12.8 Å². The molecule has 1 fully saturated rings. The van der Waals surface area contributed by atoms with E-state index in [2.05, 4.69) is 0 Å². The molecule has 1 aliphatic carbocycles. The van der Waals surface area contributed by atoms with Gasteiger partial charge in [0, 0.05) is 18.2 Å². The second-order valence-corrected chi connectivity index (χ2v) is 6.28. The zero-order chi connectivity index (χ0) is 18.5. The third kappa shape index (κ3) is 4.46. The van der Waals surface area contributed by atoms with Crippen molar-refractivity contribution in [1.82, 2.24) is 4.90 Å². The lowest BCUT2D eigenvalue weighted by atomic mass is 10.1. The van der Waals surface area contributed by atoms with Crippen molar-refractivity contribution in [2.24, 2.45) is 0 Å². The molecule has 0 spiro atoms. The molecule has 0 radical (unpaired) electrons. The van der Waals surface area contributed by atoms with Crippen LogP contribution in [0.2, 0.25) is 0 Å². The van der Waals surface area contributed by atoms with E-state index in [9.17, 15) is 14.0 Å². The number of ether oxygens (including phenoxy) is 1. The van der Waals surface area contributed by atoms with E-state index in [1.54, 1.807) is 35.2 Å². The highest BCUT2D eigenvalue weighted by atomic mass is 19.1. The Kier molecular flexibility index (Phi) is 5.63. The highest BCUT2D eigenvalue weighted by Gasteiger charge is 2.33. The maximum absolute atomic E-state index is 13.9. The average molecular weight is 357 g/mol. The minimum atomic E-state index is -0.607. The minimum absolute atomic E-state index is 0.0737. The fourth-order valence-electron chi connectivity index (χ4n) is 2.66. The molecule has 0 saturated heterocycles. The van der Waals surface area contributed by atoms with Gasteiger partial charge < -0.3 is 14.7 Å². The molecule has 0 heterocycles. The quantitative estimate of drug-likeness (QED) is 0.774. The van der Waals surface area contributed by atoms with Crippen LogP contribution in [0.25, 0.3) is 0 Å². The van der Waals surface area contributed by atoms with E-state index in [4.69, 9.17) is 9.84 Å². The molecule has 1 amide bonds. The summed E-state index contributed by atoms with van der Waals surface area (Å²) >= 11 is 0. The van der Waals surface area contributed by atoms with E-state index >= 15 is 0 Å². The molecule has 6 heteroatoms. The number of aliphatic hydroxyl groups is 1. The van der Waals surface area contributed by atoms with Crippen molar-refractivity contribution < 1.29 is 23.8 Å². The molecule has 0 aliphatic heterocycles. The predicted molar refractivity (Wildman–Crippen MR) is 92.6 cm³/mol. The first-order chi connectivity index (χ1) is 12.6. The Balaban J connectivity index is 1.59. The first-order valence-corrected chi connectivity index (χ1v) is 8.48. The SMILES string of the molecule is O=C(OCC(=O)N(Cc1ccccc1F)C1CC1)c1ccc(CO)cc1. The molecule has 1 aliphatic rings.